The van der Waals surface area contributed by atoms with E-state index in [2.05, 4.69) is 25.6 Å². The van der Waals surface area contributed by atoms with Crippen molar-refractivity contribution in [3.63, 3.8) is 0 Å². The molecule has 0 unspecified atom stereocenters. The van der Waals surface area contributed by atoms with Crippen molar-refractivity contribution in [2.45, 2.75) is 19.4 Å². The lowest BCUT2D eigenvalue weighted by molar-refractivity contribution is 0.726. The van der Waals surface area contributed by atoms with Crippen molar-refractivity contribution in [2.24, 2.45) is 4.99 Å². The fraction of sp³-hybridized carbons (Fsp3) is 0.263. The molecular formula is C19H22ClN5. The van der Waals surface area contributed by atoms with Crippen molar-refractivity contribution in [3.05, 3.63) is 64.9 Å². The first-order chi connectivity index (χ1) is 12.2. The molecule has 0 radical (unpaired) electrons. The second kappa shape index (κ2) is 8.53. The average molecular weight is 356 g/mol. The Kier molecular flexibility index (Phi) is 5.90. The van der Waals surface area contributed by atoms with E-state index in [-0.39, 0.29) is 0 Å². The predicted molar refractivity (Wildman–Crippen MR) is 104 cm³/mol. The highest BCUT2D eigenvalue weighted by atomic mass is 35.5. The number of fused-ring (bicyclic) bond motifs is 1. The third kappa shape index (κ3) is 4.97. The van der Waals surface area contributed by atoms with Gasteiger partial charge < -0.3 is 15.6 Å². The number of halogens is 1. The van der Waals surface area contributed by atoms with Crippen LogP contribution in [0.1, 0.15) is 17.8 Å². The molecule has 0 saturated heterocycles. The van der Waals surface area contributed by atoms with Gasteiger partial charge in [-0.05, 0) is 36.2 Å². The zero-order valence-corrected chi connectivity index (χ0v) is 15.0. The van der Waals surface area contributed by atoms with Gasteiger partial charge in [-0.3, -0.25) is 4.99 Å². The maximum Gasteiger partial charge on any atom is 0.191 e. The van der Waals surface area contributed by atoms with Crippen LogP contribution in [-0.4, -0.2) is 29.5 Å². The molecule has 1 heterocycles. The Balaban J connectivity index is 1.41. The highest BCUT2D eigenvalue weighted by molar-refractivity contribution is 6.30. The number of aromatic nitrogens is 2. The van der Waals surface area contributed by atoms with Gasteiger partial charge in [-0.2, -0.15) is 0 Å². The van der Waals surface area contributed by atoms with Crippen molar-refractivity contribution in [3.8, 4) is 0 Å². The van der Waals surface area contributed by atoms with E-state index in [1.165, 1.54) is 0 Å². The number of rotatable bonds is 6. The minimum atomic E-state index is 0.709. The summed E-state index contributed by atoms with van der Waals surface area (Å²) in [4.78, 5) is 12.2. The van der Waals surface area contributed by atoms with Gasteiger partial charge >= 0.3 is 0 Å². The molecule has 0 bridgehead atoms. The summed E-state index contributed by atoms with van der Waals surface area (Å²) in [5, 5.41) is 7.37. The second-order valence-electron chi connectivity index (χ2n) is 5.78. The first-order valence-corrected chi connectivity index (χ1v) is 8.75. The molecule has 0 saturated carbocycles. The molecule has 0 aliphatic heterocycles. The molecule has 3 aromatic rings. The quantitative estimate of drug-likeness (QED) is 0.360. The highest BCUT2D eigenvalue weighted by Crippen LogP contribution is 2.11. The van der Waals surface area contributed by atoms with Crippen molar-refractivity contribution < 1.29 is 0 Å². The molecule has 1 aromatic heterocycles. The molecule has 3 rings (SSSR count). The lowest BCUT2D eigenvalue weighted by Gasteiger charge is -2.11. The lowest BCUT2D eigenvalue weighted by Crippen LogP contribution is -2.37. The first-order valence-electron chi connectivity index (χ1n) is 8.37. The highest BCUT2D eigenvalue weighted by Gasteiger charge is 2.02. The topological polar surface area (TPSA) is 65.1 Å². The van der Waals surface area contributed by atoms with E-state index in [1.54, 1.807) is 7.05 Å². The molecule has 0 fully saturated rings. The number of hydrogen-bond acceptors (Lipinski definition) is 2. The van der Waals surface area contributed by atoms with Gasteiger partial charge in [0.25, 0.3) is 0 Å². The summed E-state index contributed by atoms with van der Waals surface area (Å²) in [5.41, 5.74) is 3.27. The smallest absolute Gasteiger partial charge is 0.191 e. The van der Waals surface area contributed by atoms with Gasteiger partial charge in [-0.25, -0.2) is 4.98 Å². The molecule has 0 aliphatic carbocycles. The van der Waals surface area contributed by atoms with Crippen molar-refractivity contribution in [2.75, 3.05) is 13.6 Å². The zero-order chi connectivity index (χ0) is 17.5. The lowest BCUT2D eigenvalue weighted by atomic mass is 10.2. The number of nitrogens with zero attached hydrogens (tertiary/aromatic N) is 2. The monoisotopic (exact) mass is 355 g/mol. The van der Waals surface area contributed by atoms with Gasteiger partial charge in [-0.1, -0.05) is 35.9 Å². The number of nitrogens with one attached hydrogen (secondary N) is 3. The van der Waals surface area contributed by atoms with Gasteiger partial charge in [0.1, 0.15) is 5.82 Å². The molecule has 3 N–H and O–H groups in total. The fourth-order valence-corrected chi connectivity index (χ4v) is 2.72. The predicted octanol–water partition coefficient (Wildman–Crippen LogP) is 3.51. The van der Waals surface area contributed by atoms with Gasteiger partial charge in [0, 0.05) is 31.6 Å². The number of benzene rings is 2. The number of para-hydroxylation sites is 2. The number of H-pyrrole nitrogens is 1. The molecular weight excluding hydrogens is 334 g/mol. The number of guanidine groups is 1. The Bertz CT molecular complexity index is 805. The summed E-state index contributed by atoms with van der Waals surface area (Å²) in [5.74, 6) is 1.81. The minimum Gasteiger partial charge on any atom is -0.356 e. The third-order valence-corrected chi connectivity index (χ3v) is 4.17. The number of aromatic amines is 1. The van der Waals surface area contributed by atoms with Crippen LogP contribution in [0.5, 0.6) is 0 Å². The third-order valence-electron chi connectivity index (χ3n) is 3.92. The van der Waals surface area contributed by atoms with Crippen LogP contribution in [0.15, 0.2) is 53.5 Å². The largest absolute Gasteiger partial charge is 0.356 e. The molecule has 0 spiro atoms. The molecule has 25 heavy (non-hydrogen) atoms. The van der Waals surface area contributed by atoms with Crippen molar-refractivity contribution in [1.82, 2.24) is 20.6 Å². The molecule has 0 atom stereocenters. The molecule has 0 amide bonds. The Labute approximate surface area is 152 Å². The summed E-state index contributed by atoms with van der Waals surface area (Å²) >= 11 is 5.90. The van der Waals surface area contributed by atoms with E-state index in [4.69, 9.17) is 11.6 Å². The van der Waals surface area contributed by atoms with E-state index in [9.17, 15) is 0 Å². The van der Waals surface area contributed by atoms with E-state index in [1.807, 2.05) is 48.5 Å². The van der Waals surface area contributed by atoms with E-state index >= 15 is 0 Å². The molecule has 6 heteroatoms. The molecule has 2 aromatic carbocycles. The standard InChI is InChI=1S/C19H22ClN5/c1-21-19(23-13-14-8-10-15(20)11-9-14)22-12-4-7-18-24-16-5-2-3-6-17(16)25-18/h2-3,5-6,8-11H,4,7,12-13H2,1H3,(H,24,25)(H2,21,22,23). The first kappa shape index (κ1) is 17.3. The van der Waals surface area contributed by atoms with Crippen LogP contribution in [0.25, 0.3) is 11.0 Å². The maximum atomic E-state index is 5.90. The van der Waals surface area contributed by atoms with E-state index < -0.39 is 0 Å². The van der Waals surface area contributed by atoms with Crippen molar-refractivity contribution in [1.29, 1.82) is 0 Å². The van der Waals surface area contributed by atoms with E-state index in [0.717, 1.165) is 52.8 Å². The Morgan fingerprint density at radius 1 is 1.12 bits per heavy atom. The molecule has 130 valence electrons. The summed E-state index contributed by atoms with van der Waals surface area (Å²) < 4.78 is 0. The number of aryl methyl sites for hydroxylation is 1. The summed E-state index contributed by atoms with van der Waals surface area (Å²) in [6.45, 7) is 1.54. The zero-order valence-electron chi connectivity index (χ0n) is 14.2. The van der Waals surface area contributed by atoms with Crippen LogP contribution in [0.4, 0.5) is 0 Å². The van der Waals surface area contributed by atoms with Crippen LogP contribution in [-0.2, 0) is 13.0 Å². The van der Waals surface area contributed by atoms with Crippen LogP contribution in [0.3, 0.4) is 0 Å². The Morgan fingerprint density at radius 2 is 1.92 bits per heavy atom. The average Bonchev–Trinajstić information content (AvgIpc) is 3.05. The minimum absolute atomic E-state index is 0.709. The second-order valence-corrected chi connectivity index (χ2v) is 6.22. The molecule has 5 nitrogen and oxygen atoms in total. The summed E-state index contributed by atoms with van der Waals surface area (Å²) in [6, 6.07) is 15.9. The normalized spacial score (nSPS) is 11.7. The van der Waals surface area contributed by atoms with Crippen LogP contribution >= 0.6 is 11.6 Å². The van der Waals surface area contributed by atoms with Crippen LogP contribution < -0.4 is 10.6 Å². The maximum absolute atomic E-state index is 5.90. The Hall–Kier alpha value is -2.53. The number of imidazole rings is 1. The number of hydrogen-bond donors (Lipinski definition) is 3. The molecule has 0 aliphatic rings. The van der Waals surface area contributed by atoms with Gasteiger partial charge in [0.2, 0.25) is 0 Å². The van der Waals surface area contributed by atoms with E-state index in [0.29, 0.717) is 6.54 Å². The number of aliphatic imine (C=N–C) groups is 1. The van der Waals surface area contributed by atoms with Gasteiger partial charge in [-0.15, -0.1) is 0 Å². The summed E-state index contributed by atoms with van der Waals surface area (Å²) in [6.07, 6.45) is 1.87. The summed E-state index contributed by atoms with van der Waals surface area (Å²) in [7, 11) is 1.77. The van der Waals surface area contributed by atoms with Gasteiger partial charge in [0.05, 0.1) is 11.0 Å². The van der Waals surface area contributed by atoms with Crippen LogP contribution in [0, 0.1) is 0 Å². The SMILES string of the molecule is CN=C(NCCCc1nc2ccccc2[nH]1)NCc1ccc(Cl)cc1. The van der Waals surface area contributed by atoms with Gasteiger partial charge in [0.15, 0.2) is 5.96 Å². The van der Waals surface area contributed by atoms with Crippen molar-refractivity contribution >= 4 is 28.6 Å². The van der Waals surface area contributed by atoms with Crippen LogP contribution in [0.2, 0.25) is 5.02 Å². The Morgan fingerprint density at radius 3 is 2.68 bits per heavy atom. The fourth-order valence-electron chi connectivity index (χ4n) is 2.60.